The van der Waals surface area contributed by atoms with Crippen LogP contribution in [-0.2, 0) is 19.1 Å². The van der Waals surface area contributed by atoms with Crippen LogP contribution in [0.25, 0.3) is 0 Å². The number of ether oxygens (including phenoxy) is 1. The molecule has 5 aliphatic carbocycles. The van der Waals surface area contributed by atoms with Crippen LogP contribution in [0.15, 0.2) is 23.3 Å². The molecular formula is C32H43NO4. The van der Waals surface area contributed by atoms with Crippen molar-refractivity contribution in [2.45, 2.75) is 92.9 Å². The topological polar surface area (TPSA) is 84.2 Å². The van der Waals surface area contributed by atoms with Crippen LogP contribution in [0.2, 0.25) is 0 Å². The number of allylic oxidation sites excluding steroid dienone is 4. The van der Waals surface area contributed by atoms with E-state index in [0.29, 0.717) is 6.08 Å². The smallest absolute Gasteiger partial charge is 0.312 e. The summed E-state index contributed by atoms with van der Waals surface area (Å²) in [5, 5.41) is 10.3. The molecule has 0 aliphatic heterocycles. The second-order valence-electron chi connectivity index (χ2n) is 11.2. The van der Waals surface area contributed by atoms with Crippen LogP contribution < -0.4 is 0 Å². The van der Waals surface area contributed by atoms with Gasteiger partial charge in [-0.15, -0.1) is 0 Å². The minimum atomic E-state index is -4.03. The maximum absolute atomic E-state index is 15.4. The third kappa shape index (κ3) is 3.11. The van der Waals surface area contributed by atoms with Gasteiger partial charge in [-0.3, -0.25) is 14.4 Å². The average Bonchev–Trinajstić information content (AvgIpc) is 3.02. The van der Waals surface area contributed by atoms with Gasteiger partial charge in [0.05, 0.1) is 22.1 Å². The number of carbonyl (C=O) groups excluding carboxylic acids is 3. The molecule has 7 atom stereocenters. The van der Waals surface area contributed by atoms with Gasteiger partial charge in [0.2, 0.25) is 0 Å². The van der Waals surface area contributed by atoms with Gasteiger partial charge in [-0.25, -0.2) is 0 Å². The Balaban J connectivity index is 2.11. The first-order valence-electron chi connectivity index (χ1n) is 24.9. The van der Waals surface area contributed by atoms with E-state index < -0.39 is 179 Å². The fourth-order valence-corrected chi connectivity index (χ4v) is 7.59. The molecule has 0 amide bonds. The van der Waals surface area contributed by atoms with Crippen molar-refractivity contribution in [2.75, 3.05) is 7.04 Å². The number of methoxy groups -OCH3 is 1. The van der Waals surface area contributed by atoms with Gasteiger partial charge in [0.25, 0.3) is 0 Å². The lowest BCUT2D eigenvalue weighted by Crippen LogP contribution is -2.65. The maximum atomic E-state index is 15.4. The Hall–Kier alpha value is -2.22. The number of nitrogens with zero attached hydrogens (tertiary/aromatic N) is 1. The van der Waals surface area contributed by atoms with E-state index in [1.54, 1.807) is 0 Å². The molecule has 3 saturated carbocycles. The van der Waals surface area contributed by atoms with Crippen molar-refractivity contribution < 1.29 is 54.8 Å². The zero-order valence-electron chi connectivity index (χ0n) is 45.7. The molecule has 0 heterocycles. The molecule has 0 saturated heterocycles. The van der Waals surface area contributed by atoms with Crippen LogP contribution in [0.1, 0.15) is 129 Å². The normalized spacial score (nSPS) is 60.1. The van der Waals surface area contributed by atoms with Gasteiger partial charge in [0.1, 0.15) is 6.07 Å². The van der Waals surface area contributed by atoms with E-state index in [2.05, 4.69) is 0 Å². The third-order valence-electron chi connectivity index (χ3n) is 9.51. The first kappa shape index (κ1) is 9.46. The van der Waals surface area contributed by atoms with E-state index >= 15 is 4.79 Å². The Labute approximate surface area is 258 Å². The molecule has 0 aromatic rings. The van der Waals surface area contributed by atoms with E-state index in [0.717, 1.165) is 0 Å². The lowest BCUT2D eigenvalue weighted by Gasteiger charge is -2.68. The van der Waals surface area contributed by atoms with Gasteiger partial charge < -0.3 is 4.74 Å². The maximum Gasteiger partial charge on any atom is 0.312 e. The monoisotopic (exact) mass is 531 g/mol. The number of hydrogen-bond acceptors (Lipinski definition) is 5. The molecule has 0 aromatic heterocycles. The van der Waals surface area contributed by atoms with Crippen LogP contribution in [0, 0.1) is 61.6 Å². The highest BCUT2D eigenvalue weighted by Gasteiger charge is 2.71. The first-order valence-corrected chi connectivity index (χ1v) is 11.9. The SMILES string of the molecule is [2H]C([2H])([2H])OC(=O)[C@]12CCC(C([2H])([2H])[2H])(C([2H])([2H])[2H])C([2H])([2H])[C@H]1[C@H]1C(=O)C=C3[C@@]4(C([2H])([2H])[2H])C=C(C#N)C(=O)C(C([2H])([2H])[2H])(C([2H])([2H])[2H])[C@@H]4CC[C@@]3(C([2H])([2H])[2H])[C@]1(C([2H])([2H])[2H])CC2. The van der Waals surface area contributed by atoms with Gasteiger partial charge in [0, 0.05) is 48.3 Å². The van der Waals surface area contributed by atoms with Gasteiger partial charge in [-0.1, -0.05) is 59.6 Å². The highest BCUT2D eigenvalue weighted by molar-refractivity contribution is 6.04. The van der Waals surface area contributed by atoms with Crippen molar-refractivity contribution >= 4 is 17.5 Å². The quantitative estimate of drug-likeness (QED) is 0.367. The van der Waals surface area contributed by atoms with E-state index in [-0.39, 0.29) is 6.08 Å². The van der Waals surface area contributed by atoms with Crippen molar-refractivity contribution in [2.24, 2.45) is 50.2 Å². The average molecular weight is 532 g/mol. The zero-order chi connectivity index (χ0) is 49.2. The Morgan fingerprint density at radius 2 is 1.89 bits per heavy atom. The molecule has 5 nitrogen and oxygen atoms in total. The molecular weight excluding hydrogens is 462 g/mol. The van der Waals surface area contributed by atoms with Gasteiger partial charge in [0.15, 0.2) is 11.6 Å². The fourth-order valence-electron chi connectivity index (χ4n) is 7.59. The van der Waals surface area contributed by atoms with Crippen molar-refractivity contribution in [1.29, 1.82) is 5.26 Å². The van der Waals surface area contributed by atoms with Gasteiger partial charge in [-0.05, 0) is 79.1 Å². The summed E-state index contributed by atoms with van der Waals surface area (Å²) in [5.41, 5.74) is -23.3. The van der Waals surface area contributed by atoms with Crippen LogP contribution >= 0.6 is 0 Å². The van der Waals surface area contributed by atoms with E-state index in [1.165, 1.54) is 6.07 Å². The van der Waals surface area contributed by atoms with Crippen LogP contribution in [0.4, 0.5) is 0 Å². The number of hydrogen-bond donors (Lipinski definition) is 0. The van der Waals surface area contributed by atoms with Crippen LogP contribution in [0.3, 0.4) is 0 Å². The Morgan fingerprint density at radius 1 is 1.08 bits per heavy atom. The minimum absolute atomic E-state index is 0.215. The molecule has 0 bridgehead atoms. The molecule has 3 fully saturated rings. The van der Waals surface area contributed by atoms with Crippen molar-refractivity contribution in [1.82, 2.24) is 0 Å². The van der Waals surface area contributed by atoms with E-state index in [9.17, 15) is 25.8 Å². The van der Waals surface area contributed by atoms with Gasteiger partial charge in [-0.2, -0.15) is 5.26 Å². The van der Waals surface area contributed by atoms with E-state index in [1.807, 2.05) is 0 Å². The Bertz CT molecular complexity index is 2040. The lowest BCUT2D eigenvalue weighted by molar-refractivity contribution is -0.191. The summed E-state index contributed by atoms with van der Waals surface area (Å²) in [6.45, 7) is -27.8. The second kappa shape index (κ2) is 7.67. The molecule has 5 aliphatic rings. The minimum Gasteiger partial charge on any atom is -0.469 e. The standard InChI is InChI=1S/C32H43NO4/c1-27(2)11-13-32(26(36)37-8)14-12-31(7)24(20(32)17-27)21(34)15-23-29(5)16-19(18-33)25(35)28(3,4)22(29)9-10-30(23,31)6/h15-16,20,22,24H,9-14,17H2,1-8H3/t20-,22-,24-,29-,30+,31+,32-/m0/s1/i1D3,2D3,3D3,4D3,5D3,6D3,7D3,8D3,17D2. The summed E-state index contributed by atoms with van der Waals surface area (Å²) in [5.74, 6) is -13.8. The summed E-state index contributed by atoms with van der Waals surface area (Å²) in [4.78, 5) is 44.0. The van der Waals surface area contributed by atoms with Crippen molar-refractivity contribution in [3.63, 3.8) is 0 Å². The number of rotatable bonds is 1. The molecule has 5 rings (SSSR count). The lowest BCUT2D eigenvalue weighted by atomic mass is 9.34. The predicted molar refractivity (Wildman–Crippen MR) is 141 cm³/mol. The van der Waals surface area contributed by atoms with Crippen LogP contribution in [0.5, 0.6) is 0 Å². The highest BCUT2D eigenvalue weighted by Crippen LogP contribution is 2.74. The molecule has 0 aromatic carbocycles. The molecule has 0 unspecified atom stereocenters. The highest BCUT2D eigenvalue weighted by atomic mass is 16.5. The third-order valence-corrected chi connectivity index (χ3v) is 9.51. The first-order chi connectivity index (χ1) is 27.7. The molecule has 0 radical (unpaired) electrons. The number of esters is 1. The summed E-state index contributed by atoms with van der Waals surface area (Å²) >= 11 is 0. The molecule has 37 heavy (non-hydrogen) atoms. The predicted octanol–water partition coefficient (Wildman–Crippen LogP) is 6.38. The largest absolute Gasteiger partial charge is 0.469 e. The summed E-state index contributed by atoms with van der Waals surface area (Å²) in [6, 6.07) is 1.30. The Morgan fingerprint density at radius 3 is 2.54 bits per heavy atom. The number of nitriles is 1. The fraction of sp³-hybridized carbons (Fsp3) is 0.750. The molecule has 0 N–H and O–H groups in total. The molecule has 200 valence electrons. The molecule has 0 spiro atoms. The number of Topliss-reactive ketones (excluding diaryl/α,β-unsaturated/α-hetero) is 1. The van der Waals surface area contributed by atoms with Gasteiger partial charge >= 0.3 is 5.97 Å². The Kier molecular flexibility index (Phi) is 1.96. The van der Waals surface area contributed by atoms with Crippen LogP contribution in [-0.4, -0.2) is 24.6 Å². The number of carbonyl (C=O) groups is 3. The van der Waals surface area contributed by atoms with Crippen molar-refractivity contribution in [3.05, 3.63) is 23.3 Å². The van der Waals surface area contributed by atoms with Crippen molar-refractivity contribution in [3.8, 4) is 6.07 Å². The van der Waals surface area contributed by atoms with E-state index in [4.69, 9.17) is 29.4 Å². The summed E-state index contributed by atoms with van der Waals surface area (Å²) < 4.78 is 231. The second-order valence-corrected chi connectivity index (χ2v) is 11.2. The zero-order valence-corrected chi connectivity index (χ0v) is 19.7. The molecule has 5 heteroatoms. The number of ketones is 2. The number of fused-ring (bicyclic) bond motifs is 7. The summed E-state index contributed by atoms with van der Waals surface area (Å²) in [7, 11) is -3.64. The summed E-state index contributed by atoms with van der Waals surface area (Å²) in [6.07, 6.45) is -10.8.